The molecule has 0 nitrogen and oxygen atoms in total. The fourth-order valence-electron chi connectivity index (χ4n) is 0.523. The zero-order valence-corrected chi connectivity index (χ0v) is 9.46. The predicted octanol–water partition coefficient (Wildman–Crippen LogP) is -1.10. The van der Waals surface area contributed by atoms with Gasteiger partial charge in [0.15, 0.2) is 0 Å². The van der Waals surface area contributed by atoms with Crippen LogP contribution in [0.3, 0.4) is 0 Å². The van der Waals surface area contributed by atoms with E-state index in [1.807, 2.05) is 12.1 Å². The molecule has 0 saturated carbocycles. The topological polar surface area (TPSA) is 0 Å². The van der Waals surface area contributed by atoms with E-state index >= 15 is 0 Å². The average Bonchev–Trinajstić information content (AvgIpc) is 2.19. The van der Waals surface area contributed by atoms with E-state index in [1.54, 1.807) is 11.3 Å². The maximum absolute atomic E-state index is 3.63. The van der Waals surface area contributed by atoms with E-state index in [1.165, 1.54) is 4.88 Å². The van der Waals surface area contributed by atoms with Gasteiger partial charge in [0.1, 0.15) is 0 Å². The van der Waals surface area contributed by atoms with Crippen LogP contribution in [0.1, 0.15) is 4.88 Å². The molecular weight excluding hydrogens is 220 g/mol. The van der Waals surface area contributed by atoms with Crippen LogP contribution < -0.4 is 17.0 Å². The van der Waals surface area contributed by atoms with Crippen molar-refractivity contribution in [2.24, 2.45) is 0 Å². The summed E-state index contributed by atoms with van der Waals surface area (Å²) in [5, 5.41) is 3.01. The number of hydrogen-bond acceptors (Lipinski definition) is 1. The van der Waals surface area contributed by atoms with Crippen LogP contribution in [-0.4, -0.2) is 23.1 Å². The van der Waals surface area contributed by atoms with E-state index in [-0.39, 0.29) is 40.0 Å². The van der Waals surface area contributed by atoms with Gasteiger partial charge in [0, 0.05) is 0 Å². The minimum Gasteiger partial charge on any atom is -1.00 e. The maximum atomic E-state index is 3.63. The minimum absolute atomic E-state index is 0. The molecule has 0 amide bonds. The molecule has 50 valence electrons. The molecule has 1 aromatic rings. The number of allylic oxidation sites excluding steroid dienone is 1. The third-order valence-electron chi connectivity index (χ3n) is 0.873. The molecule has 0 aliphatic rings. The van der Waals surface area contributed by atoms with Crippen molar-refractivity contribution in [2.45, 2.75) is 6.42 Å². The molecule has 0 aromatic carbocycles. The Labute approximate surface area is 92.3 Å². The number of hydrogen-bond donors (Lipinski definition) is 0. The second kappa shape index (κ2) is 7.79. The molecule has 0 aliphatic heterocycles. The summed E-state index contributed by atoms with van der Waals surface area (Å²) in [7, 11) is 0. The van der Waals surface area contributed by atoms with Gasteiger partial charge in [-0.15, -0.1) is 16.8 Å². The third-order valence-corrected chi connectivity index (χ3v) is 1.69. The van der Waals surface area contributed by atoms with Gasteiger partial charge in [0.2, 0.25) is 0 Å². The van der Waals surface area contributed by atoms with E-state index in [4.69, 9.17) is 0 Å². The zero-order chi connectivity index (χ0) is 5.82. The smallest absolute Gasteiger partial charge is 1.00 e. The Morgan fingerprint density at radius 2 is 2.40 bits per heavy atom. The van der Waals surface area contributed by atoms with Gasteiger partial charge in [-0.2, -0.15) is 6.07 Å². The first kappa shape index (κ1) is 13.3. The van der Waals surface area contributed by atoms with E-state index in [2.05, 4.69) is 18.0 Å². The monoisotopic (exact) mass is 226 g/mol. The quantitative estimate of drug-likeness (QED) is 0.342. The van der Waals surface area contributed by atoms with Gasteiger partial charge in [-0.05, 0) is 0 Å². The molecule has 0 N–H and O–H groups in total. The normalized spacial score (nSPS) is 7.20. The van der Waals surface area contributed by atoms with Crippen LogP contribution in [0.4, 0.5) is 0 Å². The van der Waals surface area contributed by atoms with Crippen LogP contribution >= 0.6 is 11.3 Å². The summed E-state index contributed by atoms with van der Waals surface area (Å²) >= 11 is 1.65. The third kappa shape index (κ3) is 4.49. The number of thiophene rings is 1. The van der Waals surface area contributed by atoms with Crippen molar-refractivity contribution >= 4 is 34.4 Å². The summed E-state index contributed by atoms with van der Waals surface area (Å²) in [5.41, 5.74) is 0. The first-order chi connectivity index (χ1) is 3.93. The molecule has 0 bridgehead atoms. The van der Waals surface area contributed by atoms with Crippen molar-refractivity contribution in [1.82, 2.24) is 0 Å². The Hall–Kier alpha value is 0.686. The van der Waals surface area contributed by atoms with E-state index in [0.29, 0.717) is 0 Å². The zero-order valence-electron chi connectivity index (χ0n) is 5.64. The Balaban J connectivity index is 0. The van der Waals surface area contributed by atoms with Gasteiger partial charge in [-0.3, -0.25) is 0 Å². The van der Waals surface area contributed by atoms with Gasteiger partial charge >= 0.3 is 23.1 Å². The van der Waals surface area contributed by atoms with Gasteiger partial charge in [-0.1, -0.05) is 12.5 Å². The molecule has 0 saturated heterocycles. The molecule has 0 aliphatic carbocycles. The summed E-state index contributed by atoms with van der Waals surface area (Å²) in [4.78, 5) is 1.33. The first-order valence-electron chi connectivity index (χ1n) is 2.49. The van der Waals surface area contributed by atoms with Crippen LogP contribution in [0.2, 0.25) is 0 Å². The Morgan fingerprint density at radius 3 is 2.80 bits per heavy atom. The molecule has 0 atom stereocenters. The Morgan fingerprint density at radius 1 is 1.70 bits per heavy atom. The van der Waals surface area contributed by atoms with Crippen LogP contribution in [-0.2, 0) is 6.42 Å². The standard InChI is InChI=1S/C7H7S.BrH.Mg/c1-2-4-7-5-3-6-8-7;;/h2-3,5H,1,4H2;1H;/q-1;;+2/p-1. The maximum Gasteiger partial charge on any atom is 2.00 e. The first-order valence-corrected chi connectivity index (χ1v) is 3.31. The molecule has 1 heterocycles. The summed E-state index contributed by atoms with van der Waals surface area (Å²) in [6.07, 6.45) is 2.88. The average molecular weight is 227 g/mol. The molecule has 0 radical (unpaired) electrons. The fourth-order valence-corrected chi connectivity index (χ4v) is 1.15. The molecule has 0 spiro atoms. The second-order valence-electron chi connectivity index (χ2n) is 1.51. The Bertz CT molecular complexity index is 160. The molecule has 0 unspecified atom stereocenters. The van der Waals surface area contributed by atoms with Crippen LogP contribution in [0.25, 0.3) is 0 Å². The molecule has 10 heavy (non-hydrogen) atoms. The summed E-state index contributed by atoms with van der Waals surface area (Å²) in [6, 6.07) is 4.00. The van der Waals surface area contributed by atoms with E-state index in [9.17, 15) is 0 Å². The molecule has 1 rings (SSSR count). The van der Waals surface area contributed by atoms with Gasteiger partial charge in [0.25, 0.3) is 0 Å². The van der Waals surface area contributed by atoms with Crippen molar-refractivity contribution in [3.8, 4) is 0 Å². The number of halogens is 1. The van der Waals surface area contributed by atoms with Gasteiger partial charge in [0.05, 0.1) is 0 Å². The molecule has 0 fully saturated rings. The SMILES string of the molecule is C=CCc1cc[c-]s1.[Br-].[Mg+2]. The van der Waals surface area contributed by atoms with Gasteiger partial charge < -0.3 is 28.3 Å². The van der Waals surface area contributed by atoms with E-state index < -0.39 is 0 Å². The van der Waals surface area contributed by atoms with Crippen LogP contribution in [0, 0.1) is 5.38 Å². The largest absolute Gasteiger partial charge is 2.00 e. The van der Waals surface area contributed by atoms with Crippen molar-refractivity contribution < 1.29 is 17.0 Å². The number of rotatable bonds is 2. The summed E-state index contributed by atoms with van der Waals surface area (Å²) in [6.45, 7) is 3.63. The van der Waals surface area contributed by atoms with Crippen molar-refractivity contribution in [3.05, 3.63) is 35.0 Å². The van der Waals surface area contributed by atoms with Gasteiger partial charge in [-0.25, -0.2) is 6.07 Å². The molecule has 1 aromatic heterocycles. The molecular formula is C7H7BrMgS. The van der Waals surface area contributed by atoms with E-state index in [0.717, 1.165) is 6.42 Å². The van der Waals surface area contributed by atoms with Crippen molar-refractivity contribution in [2.75, 3.05) is 0 Å². The second-order valence-corrected chi connectivity index (χ2v) is 2.48. The van der Waals surface area contributed by atoms with Crippen molar-refractivity contribution in [1.29, 1.82) is 0 Å². The summed E-state index contributed by atoms with van der Waals surface area (Å²) < 4.78 is 0. The minimum atomic E-state index is 0. The predicted molar refractivity (Wildman–Crippen MR) is 42.8 cm³/mol. The summed E-state index contributed by atoms with van der Waals surface area (Å²) in [5.74, 6) is 0. The van der Waals surface area contributed by atoms with Crippen LogP contribution in [0.15, 0.2) is 24.8 Å². The fraction of sp³-hybridized carbons (Fsp3) is 0.143. The van der Waals surface area contributed by atoms with Crippen LogP contribution in [0.5, 0.6) is 0 Å². The Kier molecular flexibility index (Phi) is 10.4. The molecule has 3 heteroatoms. The van der Waals surface area contributed by atoms with Crippen molar-refractivity contribution in [3.63, 3.8) is 0 Å².